The number of aromatic nitrogens is 3. The maximum Gasteiger partial charge on any atom is 0.286 e. The molecule has 0 aliphatic carbocycles. The zero-order valence-electron chi connectivity index (χ0n) is 11.0. The van der Waals surface area contributed by atoms with E-state index in [1.165, 1.54) is 0 Å². The van der Waals surface area contributed by atoms with Crippen molar-refractivity contribution in [2.75, 3.05) is 5.32 Å². The Morgan fingerprint density at radius 3 is 2.82 bits per heavy atom. The Labute approximate surface area is 122 Å². The lowest BCUT2D eigenvalue weighted by molar-refractivity contribution is -0.385. The van der Waals surface area contributed by atoms with Crippen molar-refractivity contribution in [2.24, 2.45) is 0 Å². The van der Waals surface area contributed by atoms with Crippen LogP contribution in [0, 0.1) is 10.1 Å². The summed E-state index contributed by atoms with van der Waals surface area (Å²) in [6, 6.07) is 8.04. The molecule has 3 aromatic rings. The summed E-state index contributed by atoms with van der Waals surface area (Å²) < 4.78 is 0. The number of rotatable bonds is 3. The highest BCUT2D eigenvalue weighted by Gasteiger charge is 2.17. The number of nitrogens with zero attached hydrogens (tertiary/aromatic N) is 2. The molecule has 0 unspecified atom stereocenters. The predicted octanol–water partition coefficient (Wildman–Crippen LogP) is 1.41. The maximum atomic E-state index is 12.1. The topological polar surface area (TPSA) is 134 Å². The second kappa shape index (κ2) is 5.13. The van der Waals surface area contributed by atoms with Crippen molar-refractivity contribution in [3.63, 3.8) is 0 Å². The Hall–Kier alpha value is -3.49. The molecule has 3 N–H and O–H groups in total. The van der Waals surface area contributed by atoms with Crippen LogP contribution >= 0.6 is 0 Å². The van der Waals surface area contributed by atoms with E-state index < -0.39 is 16.4 Å². The molecule has 1 aromatic carbocycles. The number of benzene rings is 1. The highest BCUT2D eigenvalue weighted by Crippen LogP contribution is 2.14. The molecule has 2 heterocycles. The van der Waals surface area contributed by atoms with Crippen LogP contribution in [0.5, 0.6) is 0 Å². The number of anilines is 1. The average molecular weight is 299 g/mol. The lowest BCUT2D eigenvalue weighted by Gasteiger charge is -2.00. The molecule has 9 nitrogen and oxygen atoms in total. The number of nitrogens with one attached hydrogen (secondary N) is 3. The summed E-state index contributed by atoms with van der Waals surface area (Å²) in [7, 11) is 0. The van der Waals surface area contributed by atoms with Gasteiger partial charge in [-0.25, -0.2) is 4.98 Å². The molecule has 1 amide bonds. The van der Waals surface area contributed by atoms with E-state index >= 15 is 0 Å². The number of carbonyl (C=O) groups excluding carboxylic acids is 1. The molecule has 0 bridgehead atoms. The Kier molecular flexibility index (Phi) is 3.14. The zero-order chi connectivity index (χ0) is 15.7. The third-order valence-corrected chi connectivity index (χ3v) is 2.96. The van der Waals surface area contributed by atoms with E-state index in [9.17, 15) is 19.7 Å². The molecule has 9 heteroatoms. The maximum absolute atomic E-state index is 12.1. The minimum Gasteiger partial charge on any atom is -0.324 e. The van der Waals surface area contributed by atoms with Gasteiger partial charge in [0.15, 0.2) is 0 Å². The van der Waals surface area contributed by atoms with E-state index in [4.69, 9.17) is 0 Å². The lowest BCUT2D eigenvalue weighted by atomic mass is 10.2. The van der Waals surface area contributed by atoms with Crippen LogP contribution in [0.2, 0.25) is 0 Å². The molecular weight excluding hydrogens is 290 g/mol. The van der Waals surface area contributed by atoms with E-state index in [-0.39, 0.29) is 17.2 Å². The molecule has 0 spiro atoms. The summed E-state index contributed by atoms with van der Waals surface area (Å²) in [6.45, 7) is 0. The number of para-hydroxylation sites is 2. The van der Waals surface area contributed by atoms with Gasteiger partial charge >= 0.3 is 0 Å². The fourth-order valence-electron chi connectivity index (χ4n) is 1.93. The number of fused-ring (bicyclic) bond motifs is 1. The largest absolute Gasteiger partial charge is 0.324 e. The first-order valence-electron chi connectivity index (χ1n) is 6.18. The molecule has 0 atom stereocenters. The Morgan fingerprint density at radius 2 is 2.09 bits per heavy atom. The van der Waals surface area contributed by atoms with Gasteiger partial charge in [-0.3, -0.25) is 25.0 Å². The zero-order valence-corrected chi connectivity index (χ0v) is 11.0. The van der Waals surface area contributed by atoms with Crippen molar-refractivity contribution in [1.82, 2.24) is 15.0 Å². The van der Waals surface area contributed by atoms with Gasteiger partial charge in [0.2, 0.25) is 5.95 Å². The normalized spacial score (nSPS) is 10.5. The van der Waals surface area contributed by atoms with E-state index in [0.717, 1.165) is 12.3 Å². The second-order valence-corrected chi connectivity index (χ2v) is 4.41. The van der Waals surface area contributed by atoms with Crippen LogP contribution in [0.3, 0.4) is 0 Å². The molecular formula is C13H9N5O4. The number of H-pyrrole nitrogens is 2. The van der Waals surface area contributed by atoms with Crippen molar-refractivity contribution in [3.05, 3.63) is 62.6 Å². The quantitative estimate of drug-likeness (QED) is 0.496. The molecule has 110 valence electrons. The first-order chi connectivity index (χ1) is 10.5. The minimum atomic E-state index is -0.788. The Balaban J connectivity index is 1.92. The molecule has 0 aliphatic heterocycles. The van der Waals surface area contributed by atoms with Gasteiger partial charge < -0.3 is 9.97 Å². The third kappa shape index (κ3) is 2.42. The Morgan fingerprint density at radius 1 is 1.32 bits per heavy atom. The summed E-state index contributed by atoms with van der Waals surface area (Å²) in [4.78, 5) is 42.8. The second-order valence-electron chi connectivity index (χ2n) is 4.41. The van der Waals surface area contributed by atoms with Gasteiger partial charge in [-0.05, 0) is 12.1 Å². The van der Waals surface area contributed by atoms with Crippen molar-refractivity contribution in [1.29, 1.82) is 0 Å². The number of pyridine rings is 1. The first kappa shape index (κ1) is 13.5. The van der Waals surface area contributed by atoms with Gasteiger partial charge in [0.25, 0.3) is 17.2 Å². The molecule has 0 saturated heterocycles. The van der Waals surface area contributed by atoms with E-state index in [1.807, 2.05) is 0 Å². The van der Waals surface area contributed by atoms with E-state index in [1.54, 1.807) is 24.3 Å². The fourth-order valence-corrected chi connectivity index (χ4v) is 1.93. The van der Waals surface area contributed by atoms with E-state index in [0.29, 0.717) is 11.0 Å². The third-order valence-electron chi connectivity index (χ3n) is 2.96. The standard InChI is InChI=1S/C13H9N5O4/c19-11-8(5-7(6-14-11)18(21)22)12(20)17-13-15-9-3-1-2-4-10(9)16-13/h1-6H,(H,14,19)(H2,15,16,17,20). The van der Waals surface area contributed by atoms with Gasteiger partial charge in [-0.15, -0.1) is 0 Å². The van der Waals surface area contributed by atoms with Gasteiger partial charge in [-0.1, -0.05) is 12.1 Å². The Bertz CT molecular complexity index is 910. The van der Waals surface area contributed by atoms with E-state index in [2.05, 4.69) is 20.3 Å². The molecule has 0 fully saturated rings. The van der Waals surface area contributed by atoms with Crippen molar-refractivity contribution < 1.29 is 9.72 Å². The summed E-state index contributed by atoms with van der Waals surface area (Å²) in [5.41, 5.74) is -0.111. The molecule has 3 rings (SSSR count). The smallest absolute Gasteiger partial charge is 0.286 e. The number of aromatic amines is 2. The highest BCUT2D eigenvalue weighted by molar-refractivity contribution is 6.04. The summed E-state index contributed by atoms with van der Waals surface area (Å²) in [5, 5.41) is 13.1. The van der Waals surface area contributed by atoms with Crippen LogP contribution in [0.4, 0.5) is 11.6 Å². The monoisotopic (exact) mass is 299 g/mol. The summed E-state index contributed by atoms with van der Waals surface area (Å²) >= 11 is 0. The highest BCUT2D eigenvalue weighted by atomic mass is 16.6. The molecule has 0 aliphatic rings. The number of hydrogen-bond acceptors (Lipinski definition) is 5. The summed E-state index contributed by atoms with van der Waals surface area (Å²) in [5.74, 6) is -0.638. The number of nitro groups is 1. The molecule has 0 radical (unpaired) electrons. The van der Waals surface area contributed by atoms with Crippen molar-refractivity contribution in [2.45, 2.75) is 0 Å². The van der Waals surface area contributed by atoms with Gasteiger partial charge in [0.05, 0.1) is 22.2 Å². The lowest BCUT2D eigenvalue weighted by Crippen LogP contribution is -2.23. The minimum absolute atomic E-state index is 0.150. The van der Waals surface area contributed by atoms with Gasteiger partial charge in [0, 0.05) is 6.07 Å². The van der Waals surface area contributed by atoms with Crippen LogP contribution in [0.1, 0.15) is 10.4 Å². The van der Waals surface area contributed by atoms with Crippen LogP contribution in [0.15, 0.2) is 41.3 Å². The van der Waals surface area contributed by atoms with Crippen molar-refractivity contribution >= 4 is 28.6 Å². The van der Waals surface area contributed by atoms with Crippen molar-refractivity contribution in [3.8, 4) is 0 Å². The van der Waals surface area contributed by atoms with Crippen LogP contribution < -0.4 is 10.9 Å². The number of hydrogen-bond donors (Lipinski definition) is 3. The van der Waals surface area contributed by atoms with Crippen LogP contribution in [-0.4, -0.2) is 25.8 Å². The predicted molar refractivity (Wildman–Crippen MR) is 77.8 cm³/mol. The van der Waals surface area contributed by atoms with Crippen LogP contribution in [-0.2, 0) is 0 Å². The van der Waals surface area contributed by atoms with Gasteiger partial charge in [0.1, 0.15) is 5.56 Å². The van der Waals surface area contributed by atoms with Crippen LogP contribution in [0.25, 0.3) is 11.0 Å². The first-order valence-corrected chi connectivity index (χ1v) is 6.18. The number of amides is 1. The SMILES string of the molecule is O=C(Nc1nc2ccccc2[nH]1)c1cc([N+](=O)[O-])c[nH]c1=O. The summed E-state index contributed by atoms with van der Waals surface area (Å²) in [6.07, 6.45) is 0.931. The number of carbonyl (C=O) groups is 1. The molecule has 0 saturated carbocycles. The van der Waals surface area contributed by atoms with Gasteiger partial charge in [-0.2, -0.15) is 0 Å². The number of imidazole rings is 1. The fraction of sp³-hybridized carbons (Fsp3) is 0. The molecule has 2 aromatic heterocycles. The molecule has 22 heavy (non-hydrogen) atoms. The average Bonchev–Trinajstić information content (AvgIpc) is 2.89.